The molecule has 30 heavy (non-hydrogen) atoms. The summed E-state index contributed by atoms with van der Waals surface area (Å²) < 4.78 is 14.6. The second kappa shape index (κ2) is 8.76. The van der Waals surface area contributed by atoms with Gasteiger partial charge in [-0.05, 0) is 51.4 Å². The summed E-state index contributed by atoms with van der Waals surface area (Å²) in [5.41, 5.74) is 1.53. The van der Waals surface area contributed by atoms with E-state index in [1.165, 1.54) is 6.20 Å². The zero-order valence-corrected chi connectivity index (χ0v) is 18.6. The molecule has 1 aliphatic rings. The lowest BCUT2D eigenvalue weighted by molar-refractivity contribution is 0.343. The molecule has 0 atom stereocenters. The molecule has 0 aliphatic carbocycles. The number of benzene rings is 1. The van der Waals surface area contributed by atoms with E-state index in [0.717, 1.165) is 42.6 Å². The fourth-order valence-electron chi connectivity index (χ4n) is 3.49. The largest absolute Gasteiger partial charge is 0.338 e. The molecule has 0 radical (unpaired) electrons. The number of rotatable bonds is 6. The van der Waals surface area contributed by atoms with Crippen molar-refractivity contribution >= 4 is 47.2 Å². The van der Waals surface area contributed by atoms with Gasteiger partial charge in [0.15, 0.2) is 5.82 Å². The number of para-hydroxylation sites is 1. The van der Waals surface area contributed by atoms with Crippen LogP contribution in [0.25, 0.3) is 0 Å². The van der Waals surface area contributed by atoms with Crippen LogP contribution in [0.2, 0.25) is 5.02 Å². The van der Waals surface area contributed by atoms with Gasteiger partial charge in [0.1, 0.15) is 12.2 Å². The Labute approximate surface area is 180 Å². The van der Waals surface area contributed by atoms with Crippen LogP contribution in [0.5, 0.6) is 0 Å². The molecule has 0 spiro atoms. The molecule has 3 heterocycles. The maximum absolute atomic E-state index is 12.6. The second-order valence-corrected chi connectivity index (χ2v) is 11.3. The summed E-state index contributed by atoms with van der Waals surface area (Å²) in [6.07, 6.45) is 7.40. The predicted octanol–water partition coefficient (Wildman–Crippen LogP) is 3.99. The van der Waals surface area contributed by atoms with Crippen molar-refractivity contribution in [3.63, 3.8) is 0 Å². The van der Waals surface area contributed by atoms with E-state index in [1.807, 2.05) is 35.1 Å². The Kier molecular flexibility index (Phi) is 6.09. The molecule has 1 saturated heterocycles. The summed E-state index contributed by atoms with van der Waals surface area (Å²) in [7, 11) is -2.47. The number of hydrogen-bond acceptors (Lipinski definition) is 7. The summed E-state index contributed by atoms with van der Waals surface area (Å²) in [5, 5.41) is 15.4. The molecule has 0 bridgehead atoms. The van der Waals surface area contributed by atoms with Crippen LogP contribution in [0.4, 0.5) is 23.1 Å². The first-order chi connectivity index (χ1) is 14.4. The maximum Gasteiger partial charge on any atom is 0.229 e. The molecule has 3 N–H and O–H groups in total. The normalized spacial score (nSPS) is 15.2. The van der Waals surface area contributed by atoms with Crippen LogP contribution in [0.1, 0.15) is 18.9 Å². The lowest BCUT2D eigenvalue weighted by Crippen LogP contribution is -2.29. The van der Waals surface area contributed by atoms with Gasteiger partial charge in [-0.15, -0.1) is 0 Å². The van der Waals surface area contributed by atoms with Gasteiger partial charge in [0.2, 0.25) is 5.95 Å². The number of halogens is 1. The zero-order chi connectivity index (χ0) is 21.1. The van der Waals surface area contributed by atoms with E-state index < -0.39 is 7.14 Å². The SMILES string of the molecule is CP(C)(=O)c1ccccc1Nc1nc(Nc2cnn(C3CCNCC3)c2)ncc1Cl. The molecular formula is C20H25ClN7OP. The summed E-state index contributed by atoms with van der Waals surface area (Å²) in [5.74, 6) is 0.848. The molecule has 8 nitrogen and oxygen atoms in total. The highest BCUT2D eigenvalue weighted by atomic mass is 35.5. The lowest BCUT2D eigenvalue weighted by Gasteiger charge is -2.22. The van der Waals surface area contributed by atoms with Gasteiger partial charge in [-0.3, -0.25) is 4.68 Å². The van der Waals surface area contributed by atoms with E-state index in [-0.39, 0.29) is 0 Å². The number of nitrogens with one attached hydrogen (secondary N) is 3. The minimum Gasteiger partial charge on any atom is -0.338 e. The summed E-state index contributed by atoms with van der Waals surface area (Å²) in [4.78, 5) is 8.78. The van der Waals surface area contributed by atoms with Crippen LogP contribution in [0.15, 0.2) is 42.9 Å². The molecule has 158 valence electrons. The van der Waals surface area contributed by atoms with Crippen molar-refractivity contribution in [1.82, 2.24) is 25.1 Å². The Bertz CT molecular complexity index is 1070. The highest BCUT2D eigenvalue weighted by molar-refractivity contribution is 7.70. The second-order valence-electron chi connectivity index (χ2n) is 7.70. The van der Waals surface area contributed by atoms with Crippen LogP contribution in [0, 0.1) is 0 Å². The zero-order valence-electron chi connectivity index (χ0n) is 17.0. The van der Waals surface area contributed by atoms with E-state index in [4.69, 9.17) is 11.6 Å². The quantitative estimate of drug-likeness (QED) is 0.493. The third-order valence-corrected chi connectivity index (χ3v) is 6.85. The van der Waals surface area contributed by atoms with Gasteiger partial charge in [0.05, 0.1) is 29.8 Å². The molecule has 1 fully saturated rings. The summed E-state index contributed by atoms with van der Waals surface area (Å²) >= 11 is 6.31. The van der Waals surface area contributed by atoms with Gasteiger partial charge >= 0.3 is 0 Å². The topological polar surface area (TPSA) is 96.8 Å². The number of aromatic nitrogens is 4. The number of nitrogens with zero attached hydrogens (tertiary/aromatic N) is 4. The monoisotopic (exact) mass is 445 g/mol. The van der Waals surface area contributed by atoms with Gasteiger partial charge in [0.25, 0.3) is 0 Å². The molecule has 3 aromatic rings. The third-order valence-electron chi connectivity index (χ3n) is 5.02. The fourth-order valence-corrected chi connectivity index (χ4v) is 4.79. The van der Waals surface area contributed by atoms with Crippen molar-refractivity contribution in [1.29, 1.82) is 0 Å². The highest BCUT2D eigenvalue weighted by Gasteiger charge is 2.18. The van der Waals surface area contributed by atoms with Crippen molar-refractivity contribution < 1.29 is 4.57 Å². The third kappa shape index (κ3) is 4.83. The first kappa shape index (κ1) is 20.8. The van der Waals surface area contributed by atoms with Gasteiger partial charge < -0.3 is 20.5 Å². The van der Waals surface area contributed by atoms with Crippen LogP contribution in [0.3, 0.4) is 0 Å². The van der Waals surface area contributed by atoms with Crippen LogP contribution in [-0.4, -0.2) is 46.2 Å². The Morgan fingerprint density at radius 1 is 1.17 bits per heavy atom. The smallest absolute Gasteiger partial charge is 0.229 e. The van der Waals surface area contributed by atoms with Crippen molar-refractivity contribution in [2.24, 2.45) is 0 Å². The summed E-state index contributed by atoms with van der Waals surface area (Å²) in [6.45, 7) is 5.49. The number of hydrogen-bond donors (Lipinski definition) is 3. The van der Waals surface area contributed by atoms with E-state index in [2.05, 4.69) is 31.0 Å². The first-order valence-corrected chi connectivity index (χ1v) is 12.8. The molecule has 0 amide bonds. The van der Waals surface area contributed by atoms with Gasteiger partial charge in [-0.25, -0.2) is 4.98 Å². The van der Waals surface area contributed by atoms with Crippen molar-refractivity contribution in [3.05, 3.63) is 47.9 Å². The van der Waals surface area contributed by atoms with Gasteiger partial charge in [-0.1, -0.05) is 23.7 Å². The van der Waals surface area contributed by atoms with E-state index in [9.17, 15) is 4.57 Å². The Morgan fingerprint density at radius 3 is 2.70 bits per heavy atom. The molecule has 4 rings (SSSR count). The Balaban J connectivity index is 1.53. The molecular weight excluding hydrogens is 421 g/mol. The van der Waals surface area contributed by atoms with Crippen LogP contribution in [-0.2, 0) is 4.57 Å². The summed E-state index contributed by atoms with van der Waals surface area (Å²) in [6, 6.07) is 7.87. The van der Waals surface area contributed by atoms with E-state index in [0.29, 0.717) is 22.8 Å². The first-order valence-electron chi connectivity index (χ1n) is 9.86. The number of anilines is 4. The highest BCUT2D eigenvalue weighted by Crippen LogP contribution is 2.38. The minimum absolute atomic E-state index is 0.378. The predicted molar refractivity (Wildman–Crippen MR) is 123 cm³/mol. The fraction of sp³-hybridized carbons (Fsp3) is 0.350. The van der Waals surface area contributed by atoms with E-state index >= 15 is 0 Å². The van der Waals surface area contributed by atoms with Crippen LogP contribution >= 0.6 is 18.7 Å². The van der Waals surface area contributed by atoms with E-state index in [1.54, 1.807) is 19.5 Å². The molecule has 2 aromatic heterocycles. The molecule has 10 heteroatoms. The minimum atomic E-state index is -2.47. The van der Waals surface area contributed by atoms with Gasteiger partial charge in [-0.2, -0.15) is 10.1 Å². The van der Waals surface area contributed by atoms with Crippen LogP contribution < -0.4 is 21.3 Å². The Hall–Kier alpha value is -2.41. The average molecular weight is 446 g/mol. The average Bonchev–Trinajstić information content (AvgIpc) is 3.19. The van der Waals surface area contributed by atoms with Crippen molar-refractivity contribution in [2.75, 3.05) is 37.1 Å². The van der Waals surface area contributed by atoms with Gasteiger partial charge in [0, 0.05) is 11.5 Å². The Morgan fingerprint density at radius 2 is 1.93 bits per heavy atom. The molecule has 1 aromatic carbocycles. The molecule has 0 saturated carbocycles. The molecule has 1 aliphatic heterocycles. The standard InChI is InChI=1S/C20H25ClN7OP/c1-30(2,29)18-6-4-3-5-17(18)26-19-16(21)12-23-20(27-19)25-14-11-24-28(13-14)15-7-9-22-10-8-15/h3-6,11-13,15,22H,7-10H2,1-2H3,(H2,23,25,26,27). The number of piperidine rings is 1. The van der Waals surface area contributed by atoms with Crippen molar-refractivity contribution in [3.8, 4) is 0 Å². The van der Waals surface area contributed by atoms with Crippen molar-refractivity contribution in [2.45, 2.75) is 18.9 Å². The lowest BCUT2D eigenvalue weighted by atomic mass is 10.1. The molecule has 0 unspecified atom stereocenters. The maximum atomic E-state index is 12.6.